The highest BCUT2D eigenvalue weighted by atomic mass is 16.6. The number of hydrogen-bond acceptors (Lipinski definition) is 5. The zero-order valence-electron chi connectivity index (χ0n) is 16.6. The lowest BCUT2D eigenvalue weighted by atomic mass is 10.0. The van der Waals surface area contributed by atoms with Crippen molar-refractivity contribution in [1.82, 2.24) is 0 Å². The molecule has 6 nitrogen and oxygen atoms in total. The average Bonchev–Trinajstić information content (AvgIpc) is 2.64. The second-order valence-corrected chi connectivity index (χ2v) is 6.35. The summed E-state index contributed by atoms with van der Waals surface area (Å²) < 4.78 is 10.5. The number of nitrogens with one attached hydrogen (secondary N) is 1. The molecule has 0 saturated heterocycles. The van der Waals surface area contributed by atoms with Crippen molar-refractivity contribution in [3.8, 4) is 11.5 Å². The van der Waals surface area contributed by atoms with E-state index in [1.807, 2.05) is 32.9 Å². The first-order valence-corrected chi connectivity index (χ1v) is 8.65. The van der Waals surface area contributed by atoms with E-state index in [1.165, 1.54) is 6.21 Å². The molecule has 1 N–H and O–H groups in total. The van der Waals surface area contributed by atoms with E-state index in [-0.39, 0.29) is 5.91 Å². The molecule has 144 valence electrons. The minimum absolute atomic E-state index is 0.264. The molecule has 1 unspecified atom stereocenters. The summed E-state index contributed by atoms with van der Waals surface area (Å²) in [6, 6.07) is 9.40. The zero-order chi connectivity index (χ0) is 20.0. The maximum atomic E-state index is 12.4. The Bertz CT molecular complexity index is 823. The van der Waals surface area contributed by atoms with Crippen molar-refractivity contribution in [2.75, 3.05) is 19.5 Å². The molecule has 0 bridgehead atoms. The molecule has 2 aromatic rings. The van der Waals surface area contributed by atoms with Gasteiger partial charge < -0.3 is 19.6 Å². The number of methoxy groups -OCH3 is 2. The third-order valence-electron chi connectivity index (χ3n) is 4.14. The van der Waals surface area contributed by atoms with Gasteiger partial charge >= 0.3 is 0 Å². The van der Waals surface area contributed by atoms with Gasteiger partial charge in [-0.25, -0.2) is 0 Å². The summed E-state index contributed by atoms with van der Waals surface area (Å²) in [5.74, 6) is 1.04. The van der Waals surface area contributed by atoms with Crippen LogP contribution in [0.2, 0.25) is 0 Å². The topological polar surface area (TPSA) is 69.1 Å². The van der Waals surface area contributed by atoms with E-state index in [4.69, 9.17) is 14.3 Å². The van der Waals surface area contributed by atoms with Crippen LogP contribution in [-0.2, 0) is 9.63 Å². The van der Waals surface area contributed by atoms with Crippen molar-refractivity contribution in [2.24, 2.45) is 5.16 Å². The predicted molar refractivity (Wildman–Crippen MR) is 107 cm³/mol. The van der Waals surface area contributed by atoms with E-state index < -0.39 is 6.10 Å². The van der Waals surface area contributed by atoms with Crippen LogP contribution in [0.1, 0.15) is 29.2 Å². The van der Waals surface area contributed by atoms with Gasteiger partial charge in [-0.3, -0.25) is 4.79 Å². The molecule has 0 fully saturated rings. The van der Waals surface area contributed by atoms with Crippen LogP contribution in [0.5, 0.6) is 11.5 Å². The molecule has 0 radical (unpaired) electrons. The van der Waals surface area contributed by atoms with Crippen LogP contribution in [0.25, 0.3) is 0 Å². The Kier molecular flexibility index (Phi) is 6.82. The van der Waals surface area contributed by atoms with Gasteiger partial charge in [0.15, 0.2) is 0 Å². The van der Waals surface area contributed by atoms with E-state index in [2.05, 4.69) is 10.5 Å². The number of carbonyl (C=O) groups excluding carboxylic acids is 1. The number of anilines is 1. The Morgan fingerprint density at radius 3 is 2.33 bits per heavy atom. The smallest absolute Gasteiger partial charge is 0.268 e. The second kappa shape index (κ2) is 9.07. The van der Waals surface area contributed by atoms with Gasteiger partial charge in [0.25, 0.3) is 5.91 Å². The largest absolute Gasteiger partial charge is 0.497 e. The fourth-order valence-electron chi connectivity index (χ4n) is 2.77. The van der Waals surface area contributed by atoms with Crippen LogP contribution in [-0.4, -0.2) is 32.4 Å². The van der Waals surface area contributed by atoms with Gasteiger partial charge in [-0.1, -0.05) is 22.9 Å². The van der Waals surface area contributed by atoms with Gasteiger partial charge in [0.05, 0.1) is 20.4 Å². The normalized spacial score (nSPS) is 11.9. The van der Waals surface area contributed by atoms with Crippen LogP contribution in [0, 0.1) is 20.8 Å². The molecule has 2 rings (SSSR count). The molecule has 0 aromatic heterocycles. The second-order valence-electron chi connectivity index (χ2n) is 6.35. The van der Waals surface area contributed by atoms with Gasteiger partial charge in [-0.05, 0) is 57.0 Å². The molecular weight excluding hydrogens is 344 g/mol. The standard InChI is InChI=1S/C21H26N2O4/c1-13-9-14(2)20(15(3)10-13)23-21(24)16(4)27-22-12-17-11-18(25-5)7-8-19(17)26-6/h7-12,16H,1-6H3,(H,23,24). The highest BCUT2D eigenvalue weighted by Crippen LogP contribution is 2.23. The summed E-state index contributed by atoms with van der Waals surface area (Å²) >= 11 is 0. The first kappa shape index (κ1) is 20.3. The molecule has 0 heterocycles. The molecule has 2 aromatic carbocycles. The number of nitrogens with zero attached hydrogens (tertiary/aromatic N) is 1. The summed E-state index contributed by atoms with van der Waals surface area (Å²) in [6.07, 6.45) is 0.742. The molecule has 1 amide bonds. The third-order valence-corrected chi connectivity index (χ3v) is 4.14. The lowest BCUT2D eigenvalue weighted by Crippen LogP contribution is -2.27. The zero-order valence-corrected chi connectivity index (χ0v) is 16.6. The summed E-state index contributed by atoms with van der Waals surface area (Å²) in [5, 5.41) is 6.84. The summed E-state index contributed by atoms with van der Waals surface area (Å²) in [6.45, 7) is 7.61. The number of aryl methyl sites for hydroxylation is 3. The maximum absolute atomic E-state index is 12.4. The van der Waals surface area contributed by atoms with E-state index in [9.17, 15) is 4.79 Å². The van der Waals surface area contributed by atoms with Crippen molar-refractivity contribution in [2.45, 2.75) is 33.8 Å². The molecule has 27 heavy (non-hydrogen) atoms. The number of hydrogen-bond donors (Lipinski definition) is 1. The summed E-state index contributed by atoms with van der Waals surface area (Å²) in [5.41, 5.74) is 4.67. The van der Waals surface area contributed by atoms with Crippen LogP contribution in [0.4, 0.5) is 5.69 Å². The molecule has 0 aliphatic heterocycles. The Balaban J connectivity index is 2.04. The van der Waals surface area contributed by atoms with Crippen LogP contribution in [0.15, 0.2) is 35.5 Å². The van der Waals surface area contributed by atoms with Gasteiger partial charge in [-0.15, -0.1) is 0 Å². The lowest BCUT2D eigenvalue weighted by molar-refractivity contribution is -0.126. The Labute approximate surface area is 160 Å². The lowest BCUT2D eigenvalue weighted by Gasteiger charge is -2.15. The van der Waals surface area contributed by atoms with Crippen molar-refractivity contribution < 1.29 is 19.1 Å². The first-order chi connectivity index (χ1) is 12.8. The van der Waals surface area contributed by atoms with Gasteiger partial charge in [-0.2, -0.15) is 0 Å². The highest BCUT2D eigenvalue weighted by molar-refractivity contribution is 5.95. The highest BCUT2D eigenvalue weighted by Gasteiger charge is 2.16. The Morgan fingerprint density at radius 2 is 1.74 bits per heavy atom. The Hall–Kier alpha value is -3.02. The first-order valence-electron chi connectivity index (χ1n) is 8.65. The number of rotatable bonds is 7. The van der Waals surface area contributed by atoms with E-state index in [0.717, 1.165) is 22.4 Å². The van der Waals surface area contributed by atoms with E-state index in [0.29, 0.717) is 17.1 Å². The van der Waals surface area contributed by atoms with Crippen LogP contribution in [0.3, 0.4) is 0 Å². The Morgan fingerprint density at radius 1 is 1.07 bits per heavy atom. The van der Waals surface area contributed by atoms with Crippen LogP contribution < -0.4 is 14.8 Å². The maximum Gasteiger partial charge on any atom is 0.268 e. The molecule has 0 spiro atoms. The molecule has 6 heteroatoms. The van der Waals surface area contributed by atoms with Crippen molar-refractivity contribution in [3.63, 3.8) is 0 Å². The van der Waals surface area contributed by atoms with Gasteiger partial charge in [0.1, 0.15) is 11.5 Å². The third kappa shape index (κ3) is 5.23. The van der Waals surface area contributed by atoms with Crippen LogP contribution >= 0.6 is 0 Å². The number of amides is 1. The monoisotopic (exact) mass is 370 g/mol. The number of carbonyl (C=O) groups is 1. The summed E-state index contributed by atoms with van der Waals surface area (Å²) in [4.78, 5) is 17.7. The predicted octanol–water partition coefficient (Wildman–Crippen LogP) is 4.01. The minimum Gasteiger partial charge on any atom is -0.497 e. The fraction of sp³-hybridized carbons (Fsp3) is 0.333. The van der Waals surface area contributed by atoms with Crippen molar-refractivity contribution >= 4 is 17.8 Å². The van der Waals surface area contributed by atoms with E-state index in [1.54, 1.807) is 39.3 Å². The van der Waals surface area contributed by atoms with Gasteiger partial charge in [0, 0.05) is 11.3 Å². The molecular formula is C21H26N2O4. The number of oxime groups is 1. The van der Waals surface area contributed by atoms with E-state index >= 15 is 0 Å². The fourth-order valence-corrected chi connectivity index (χ4v) is 2.77. The quantitative estimate of drug-likeness (QED) is 0.591. The molecule has 0 aliphatic rings. The minimum atomic E-state index is -0.752. The number of benzene rings is 2. The molecule has 0 aliphatic carbocycles. The molecule has 0 saturated carbocycles. The summed E-state index contributed by atoms with van der Waals surface area (Å²) in [7, 11) is 3.16. The van der Waals surface area contributed by atoms with Gasteiger partial charge in [0.2, 0.25) is 6.10 Å². The van der Waals surface area contributed by atoms with Crippen molar-refractivity contribution in [3.05, 3.63) is 52.6 Å². The average molecular weight is 370 g/mol. The molecule has 1 atom stereocenters. The van der Waals surface area contributed by atoms with Crippen molar-refractivity contribution in [1.29, 1.82) is 0 Å². The SMILES string of the molecule is COc1ccc(OC)c(C=NOC(C)C(=O)Nc2c(C)cc(C)cc2C)c1. The number of ether oxygens (including phenoxy) is 2.